The minimum Gasteiger partial charge on any atom is -0.338 e. The molecule has 0 saturated carbocycles. The Bertz CT molecular complexity index is 296. The van der Waals surface area contributed by atoms with Gasteiger partial charge in [0, 0.05) is 6.20 Å². The summed E-state index contributed by atoms with van der Waals surface area (Å²) >= 11 is 0. The molecule has 0 saturated heterocycles. The van der Waals surface area contributed by atoms with Gasteiger partial charge in [-0.05, 0) is 25.2 Å². The predicted molar refractivity (Wildman–Crippen MR) is 59.5 cm³/mol. The second kappa shape index (κ2) is 6.14. The van der Waals surface area contributed by atoms with Gasteiger partial charge < -0.3 is 5.32 Å². The molecule has 1 rings (SSSR count). The third-order valence-corrected chi connectivity index (χ3v) is 2.26. The summed E-state index contributed by atoms with van der Waals surface area (Å²) in [4.78, 5) is 17.7. The molecule has 1 N–H and O–H groups in total. The van der Waals surface area contributed by atoms with Crippen molar-refractivity contribution < 1.29 is 4.79 Å². The highest BCUT2D eigenvalue weighted by Gasteiger charge is 2.06. The lowest BCUT2D eigenvalue weighted by Gasteiger charge is -2.18. The van der Waals surface area contributed by atoms with E-state index in [2.05, 4.69) is 29.0 Å². The fourth-order valence-electron chi connectivity index (χ4n) is 1.22. The molecule has 0 aliphatic rings. The van der Waals surface area contributed by atoms with E-state index in [4.69, 9.17) is 0 Å². The lowest BCUT2D eigenvalue weighted by Crippen LogP contribution is -2.37. The summed E-state index contributed by atoms with van der Waals surface area (Å²) in [6.07, 6.45) is 1.62. The van der Waals surface area contributed by atoms with Gasteiger partial charge in [0.1, 0.15) is 5.69 Å². The first-order valence-corrected chi connectivity index (χ1v) is 5.19. The number of hydrogen-bond donors (Lipinski definition) is 1. The summed E-state index contributed by atoms with van der Waals surface area (Å²) in [5.41, 5.74) is 0.463. The maximum absolute atomic E-state index is 11.6. The molecule has 4 nitrogen and oxygen atoms in total. The average molecular weight is 207 g/mol. The van der Waals surface area contributed by atoms with Gasteiger partial charge in [0.05, 0.1) is 6.67 Å². The summed E-state index contributed by atoms with van der Waals surface area (Å²) in [5.74, 6) is -0.123. The van der Waals surface area contributed by atoms with Gasteiger partial charge in [0.25, 0.3) is 5.91 Å². The van der Waals surface area contributed by atoms with Crippen molar-refractivity contribution in [2.24, 2.45) is 0 Å². The molecular formula is C11H17N3O. The summed E-state index contributed by atoms with van der Waals surface area (Å²) in [5, 5.41) is 2.83. The quantitative estimate of drug-likeness (QED) is 0.736. The number of aromatic nitrogens is 1. The van der Waals surface area contributed by atoms with E-state index in [1.165, 1.54) is 0 Å². The van der Waals surface area contributed by atoms with Crippen molar-refractivity contribution in [3.8, 4) is 0 Å². The van der Waals surface area contributed by atoms with Crippen LogP contribution in [0.4, 0.5) is 0 Å². The highest BCUT2D eigenvalue weighted by molar-refractivity contribution is 5.92. The Kier molecular flexibility index (Phi) is 4.77. The van der Waals surface area contributed by atoms with Crippen LogP contribution < -0.4 is 5.32 Å². The topological polar surface area (TPSA) is 45.2 Å². The van der Waals surface area contributed by atoms with E-state index in [1.54, 1.807) is 24.4 Å². The highest BCUT2D eigenvalue weighted by atomic mass is 16.2. The smallest absolute Gasteiger partial charge is 0.270 e. The Hall–Kier alpha value is -1.42. The maximum Gasteiger partial charge on any atom is 0.270 e. The summed E-state index contributed by atoms with van der Waals surface area (Å²) < 4.78 is 0. The zero-order chi connectivity index (χ0) is 11.1. The molecule has 1 aromatic heterocycles. The molecule has 1 amide bonds. The Balaban J connectivity index is 2.43. The molecule has 0 bridgehead atoms. The van der Waals surface area contributed by atoms with Crippen molar-refractivity contribution in [3.05, 3.63) is 30.1 Å². The first-order valence-electron chi connectivity index (χ1n) is 5.19. The van der Waals surface area contributed by atoms with Crippen LogP contribution in [0.3, 0.4) is 0 Å². The maximum atomic E-state index is 11.6. The van der Waals surface area contributed by atoms with Crippen LogP contribution in [-0.2, 0) is 0 Å². The molecule has 0 spiro atoms. The van der Waals surface area contributed by atoms with Crippen LogP contribution in [0.1, 0.15) is 24.3 Å². The SMILES string of the molecule is CCN(CC)CNC(=O)c1ccccn1. The van der Waals surface area contributed by atoms with Crippen molar-refractivity contribution in [2.75, 3.05) is 19.8 Å². The normalized spacial score (nSPS) is 10.3. The van der Waals surface area contributed by atoms with Crippen LogP contribution in [0.2, 0.25) is 0 Å². The second-order valence-electron chi connectivity index (χ2n) is 3.18. The van der Waals surface area contributed by atoms with Gasteiger partial charge >= 0.3 is 0 Å². The largest absolute Gasteiger partial charge is 0.338 e. The minimum atomic E-state index is -0.123. The van der Waals surface area contributed by atoms with Crippen molar-refractivity contribution in [1.29, 1.82) is 0 Å². The number of hydrogen-bond acceptors (Lipinski definition) is 3. The molecule has 0 fully saturated rings. The van der Waals surface area contributed by atoms with E-state index in [-0.39, 0.29) is 5.91 Å². The molecular weight excluding hydrogens is 190 g/mol. The Labute approximate surface area is 90.3 Å². The zero-order valence-electron chi connectivity index (χ0n) is 9.23. The second-order valence-corrected chi connectivity index (χ2v) is 3.18. The van der Waals surface area contributed by atoms with Gasteiger partial charge in [0.2, 0.25) is 0 Å². The fraction of sp³-hybridized carbons (Fsp3) is 0.455. The Morgan fingerprint density at radius 2 is 2.13 bits per heavy atom. The number of amides is 1. The Morgan fingerprint density at radius 3 is 2.67 bits per heavy atom. The van der Waals surface area contributed by atoms with E-state index in [0.717, 1.165) is 13.1 Å². The van der Waals surface area contributed by atoms with Gasteiger partial charge in [-0.1, -0.05) is 19.9 Å². The fourth-order valence-corrected chi connectivity index (χ4v) is 1.22. The first kappa shape index (κ1) is 11.7. The number of nitrogens with one attached hydrogen (secondary N) is 1. The van der Waals surface area contributed by atoms with Crippen LogP contribution >= 0.6 is 0 Å². The monoisotopic (exact) mass is 207 g/mol. The van der Waals surface area contributed by atoms with E-state index in [9.17, 15) is 4.79 Å². The number of nitrogens with zero attached hydrogens (tertiary/aromatic N) is 2. The van der Waals surface area contributed by atoms with E-state index < -0.39 is 0 Å². The zero-order valence-corrected chi connectivity index (χ0v) is 9.23. The van der Waals surface area contributed by atoms with Crippen LogP contribution in [0.15, 0.2) is 24.4 Å². The predicted octanol–water partition coefficient (Wildman–Crippen LogP) is 1.11. The highest BCUT2D eigenvalue weighted by Crippen LogP contribution is 1.93. The van der Waals surface area contributed by atoms with E-state index in [1.807, 2.05) is 0 Å². The molecule has 1 heterocycles. The molecule has 15 heavy (non-hydrogen) atoms. The van der Waals surface area contributed by atoms with Crippen molar-refractivity contribution in [2.45, 2.75) is 13.8 Å². The number of pyridine rings is 1. The molecule has 0 aliphatic heterocycles. The summed E-state index contributed by atoms with van der Waals surface area (Å²) in [6.45, 7) is 6.56. The lowest BCUT2D eigenvalue weighted by atomic mass is 10.3. The Morgan fingerprint density at radius 1 is 1.40 bits per heavy atom. The third-order valence-electron chi connectivity index (χ3n) is 2.26. The van der Waals surface area contributed by atoms with Crippen LogP contribution in [-0.4, -0.2) is 35.5 Å². The van der Waals surface area contributed by atoms with Crippen molar-refractivity contribution in [1.82, 2.24) is 15.2 Å². The van der Waals surface area contributed by atoms with Crippen LogP contribution in [0, 0.1) is 0 Å². The molecule has 0 aliphatic carbocycles. The summed E-state index contributed by atoms with van der Waals surface area (Å²) in [6, 6.07) is 5.30. The number of rotatable bonds is 5. The third kappa shape index (κ3) is 3.67. The summed E-state index contributed by atoms with van der Waals surface area (Å²) in [7, 11) is 0. The molecule has 82 valence electrons. The van der Waals surface area contributed by atoms with Gasteiger partial charge in [-0.15, -0.1) is 0 Å². The van der Waals surface area contributed by atoms with Gasteiger partial charge in [-0.3, -0.25) is 14.7 Å². The standard InChI is InChI=1S/C11H17N3O/c1-3-14(4-2)9-13-11(15)10-7-5-6-8-12-10/h5-8H,3-4,9H2,1-2H3,(H,13,15). The number of carbonyl (C=O) groups is 1. The first-order chi connectivity index (χ1) is 7.27. The van der Waals surface area contributed by atoms with Gasteiger partial charge in [-0.2, -0.15) is 0 Å². The average Bonchev–Trinajstić information content (AvgIpc) is 2.31. The molecule has 1 aromatic rings. The van der Waals surface area contributed by atoms with Gasteiger partial charge in [0.15, 0.2) is 0 Å². The lowest BCUT2D eigenvalue weighted by molar-refractivity contribution is 0.0921. The van der Waals surface area contributed by atoms with Gasteiger partial charge in [-0.25, -0.2) is 0 Å². The van der Waals surface area contributed by atoms with Crippen LogP contribution in [0.25, 0.3) is 0 Å². The van der Waals surface area contributed by atoms with Crippen molar-refractivity contribution in [3.63, 3.8) is 0 Å². The van der Waals surface area contributed by atoms with Crippen molar-refractivity contribution >= 4 is 5.91 Å². The minimum absolute atomic E-state index is 0.123. The molecule has 0 aromatic carbocycles. The van der Waals surface area contributed by atoms with E-state index >= 15 is 0 Å². The molecule has 0 radical (unpaired) electrons. The van der Waals surface area contributed by atoms with E-state index in [0.29, 0.717) is 12.4 Å². The number of carbonyl (C=O) groups excluding carboxylic acids is 1. The molecule has 0 unspecified atom stereocenters. The molecule has 0 atom stereocenters. The molecule has 4 heteroatoms. The van der Waals surface area contributed by atoms with Crippen LogP contribution in [0.5, 0.6) is 0 Å².